The fourth-order valence-electron chi connectivity index (χ4n) is 1.43. The Morgan fingerprint density at radius 1 is 1.39 bits per heavy atom. The van der Waals surface area contributed by atoms with Crippen LogP contribution in [0.5, 0.6) is 5.75 Å². The molecule has 2 rings (SSSR count). The van der Waals surface area contributed by atoms with E-state index in [0.717, 1.165) is 11.3 Å². The molecule has 1 aromatic carbocycles. The molecule has 18 heavy (non-hydrogen) atoms. The number of carbonyl (C=O) groups is 1. The summed E-state index contributed by atoms with van der Waals surface area (Å²) in [6.07, 6.45) is 3.10. The van der Waals surface area contributed by atoms with E-state index in [1.165, 1.54) is 17.3 Å². The topological polar surface area (TPSA) is 69.0 Å². The molecule has 0 bridgehead atoms. The predicted octanol–water partition coefficient (Wildman–Crippen LogP) is 1.13. The molecule has 94 valence electrons. The Balaban J connectivity index is 1.73. The third-order valence-corrected chi connectivity index (χ3v) is 2.26. The van der Waals surface area contributed by atoms with Crippen molar-refractivity contribution in [1.29, 1.82) is 0 Å². The summed E-state index contributed by atoms with van der Waals surface area (Å²) in [6, 6.07) is 7.70. The summed E-state index contributed by atoms with van der Waals surface area (Å²) in [4.78, 5) is 11.5. The third kappa shape index (κ3) is 3.58. The van der Waals surface area contributed by atoms with Crippen LogP contribution in [0.15, 0.2) is 36.9 Å². The molecule has 1 aromatic heterocycles. The van der Waals surface area contributed by atoms with Gasteiger partial charge in [0.1, 0.15) is 18.4 Å². The van der Waals surface area contributed by atoms with Crippen LogP contribution < -0.4 is 10.2 Å². The van der Waals surface area contributed by atoms with E-state index in [0.29, 0.717) is 6.61 Å². The number of carbonyl (C=O) groups excluding carboxylic acids is 1. The van der Waals surface area contributed by atoms with Gasteiger partial charge >= 0.3 is 0 Å². The molecule has 0 radical (unpaired) electrons. The van der Waals surface area contributed by atoms with E-state index in [2.05, 4.69) is 15.6 Å². The van der Waals surface area contributed by atoms with Gasteiger partial charge in [-0.25, -0.2) is 4.68 Å². The molecule has 0 atom stereocenters. The molecule has 1 amide bonds. The normalized spacial score (nSPS) is 10.1. The molecule has 1 N–H and O–H groups in total. The molecule has 0 spiro atoms. The molecule has 0 fully saturated rings. The predicted molar refractivity (Wildman–Crippen MR) is 65.7 cm³/mol. The van der Waals surface area contributed by atoms with E-state index in [1.807, 2.05) is 31.2 Å². The van der Waals surface area contributed by atoms with Crippen molar-refractivity contribution in [2.45, 2.75) is 13.3 Å². The minimum Gasteiger partial charge on any atom is -0.493 e. The van der Waals surface area contributed by atoms with Gasteiger partial charge in [-0.1, -0.05) is 12.1 Å². The lowest BCUT2D eigenvalue weighted by Gasteiger charge is -2.07. The van der Waals surface area contributed by atoms with Crippen molar-refractivity contribution in [1.82, 2.24) is 14.9 Å². The Labute approximate surface area is 105 Å². The van der Waals surface area contributed by atoms with E-state index in [1.54, 1.807) is 0 Å². The maximum atomic E-state index is 11.5. The first-order chi connectivity index (χ1) is 8.74. The van der Waals surface area contributed by atoms with Crippen LogP contribution in [0.2, 0.25) is 0 Å². The number of nitrogens with one attached hydrogen (secondary N) is 1. The highest BCUT2D eigenvalue weighted by molar-refractivity contribution is 5.83. The lowest BCUT2D eigenvalue weighted by atomic mass is 10.2. The molecule has 0 aliphatic heterocycles. The Morgan fingerprint density at radius 2 is 2.17 bits per heavy atom. The smallest absolute Gasteiger partial charge is 0.242 e. The van der Waals surface area contributed by atoms with Gasteiger partial charge in [-0.2, -0.15) is 0 Å². The highest BCUT2D eigenvalue weighted by atomic mass is 16.5. The SMILES string of the molecule is Cc1cccc(OCCC(=O)Nn2cnnc2)c1. The fourth-order valence-corrected chi connectivity index (χ4v) is 1.43. The maximum absolute atomic E-state index is 11.5. The van der Waals surface area contributed by atoms with Gasteiger partial charge in [0.25, 0.3) is 0 Å². The van der Waals surface area contributed by atoms with Crippen LogP contribution in [0.25, 0.3) is 0 Å². The van der Waals surface area contributed by atoms with Crippen LogP contribution in [0.3, 0.4) is 0 Å². The van der Waals surface area contributed by atoms with Gasteiger partial charge in [-0.05, 0) is 24.6 Å². The van der Waals surface area contributed by atoms with Crippen LogP contribution in [0.4, 0.5) is 0 Å². The van der Waals surface area contributed by atoms with Gasteiger partial charge in [0.15, 0.2) is 0 Å². The average Bonchev–Trinajstić information content (AvgIpc) is 2.82. The third-order valence-electron chi connectivity index (χ3n) is 2.26. The first kappa shape index (κ1) is 12.1. The van der Waals surface area contributed by atoms with E-state index in [-0.39, 0.29) is 12.3 Å². The number of hydrogen-bond acceptors (Lipinski definition) is 4. The van der Waals surface area contributed by atoms with E-state index >= 15 is 0 Å². The summed E-state index contributed by atoms with van der Waals surface area (Å²) in [5.41, 5.74) is 3.72. The number of rotatable bonds is 5. The Hall–Kier alpha value is -2.37. The zero-order valence-electron chi connectivity index (χ0n) is 10.0. The van der Waals surface area contributed by atoms with Crippen molar-refractivity contribution in [2.24, 2.45) is 0 Å². The summed E-state index contributed by atoms with van der Waals surface area (Å²) in [6.45, 7) is 2.32. The summed E-state index contributed by atoms with van der Waals surface area (Å²) in [5, 5.41) is 7.16. The van der Waals surface area contributed by atoms with Gasteiger partial charge in [0.05, 0.1) is 13.0 Å². The molecule has 6 nitrogen and oxygen atoms in total. The summed E-state index contributed by atoms with van der Waals surface area (Å²) < 4.78 is 6.87. The van der Waals surface area contributed by atoms with Crippen molar-refractivity contribution in [2.75, 3.05) is 12.0 Å². The molecule has 1 heterocycles. The standard InChI is InChI=1S/C12H14N4O2/c1-10-3-2-4-11(7-10)18-6-5-12(17)15-16-8-13-14-9-16/h2-4,7-9H,5-6H2,1H3,(H,15,17). The van der Waals surface area contributed by atoms with Gasteiger partial charge in [0, 0.05) is 0 Å². The Kier molecular flexibility index (Phi) is 3.90. The quantitative estimate of drug-likeness (QED) is 0.858. The minimum absolute atomic E-state index is 0.151. The Morgan fingerprint density at radius 3 is 2.89 bits per heavy atom. The molecule has 0 unspecified atom stereocenters. The van der Waals surface area contributed by atoms with E-state index in [4.69, 9.17) is 4.74 Å². The van der Waals surface area contributed by atoms with Crippen LogP contribution in [-0.4, -0.2) is 27.4 Å². The molecule has 0 aliphatic rings. The zero-order chi connectivity index (χ0) is 12.8. The first-order valence-corrected chi connectivity index (χ1v) is 5.58. The first-order valence-electron chi connectivity index (χ1n) is 5.58. The molecular weight excluding hydrogens is 232 g/mol. The largest absolute Gasteiger partial charge is 0.493 e. The lowest BCUT2D eigenvalue weighted by molar-refractivity contribution is -0.117. The van der Waals surface area contributed by atoms with E-state index in [9.17, 15) is 4.79 Å². The highest BCUT2D eigenvalue weighted by Gasteiger charge is 2.02. The van der Waals surface area contributed by atoms with Crippen molar-refractivity contribution in [3.05, 3.63) is 42.5 Å². The summed E-state index contributed by atoms with van der Waals surface area (Å²) >= 11 is 0. The second-order valence-electron chi connectivity index (χ2n) is 3.82. The second-order valence-corrected chi connectivity index (χ2v) is 3.82. The number of aromatic nitrogens is 3. The second kappa shape index (κ2) is 5.81. The van der Waals surface area contributed by atoms with E-state index < -0.39 is 0 Å². The van der Waals surface area contributed by atoms with Crippen LogP contribution >= 0.6 is 0 Å². The number of aryl methyl sites for hydroxylation is 1. The average molecular weight is 246 g/mol. The molecule has 6 heteroatoms. The summed E-state index contributed by atoms with van der Waals surface area (Å²) in [7, 11) is 0. The van der Waals surface area contributed by atoms with Gasteiger partial charge in [-0.3, -0.25) is 10.2 Å². The fraction of sp³-hybridized carbons (Fsp3) is 0.250. The number of hydrogen-bond donors (Lipinski definition) is 1. The van der Waals surface area contributed by atoms with Crippen LogP contribution in [0.1, 0.15) is 12.0 Å². The zero-order valence-corrected chi connectivity index (χ0v) is 10.0. The van der Waals surface area contributed by atoms with Crippen molar-refractivity contribution in [3.63, 3.8) is 0 Å². The number of nitrogens with zero attached hydrogens (tertiary/aromatic N) is 3. The van der Waals surface area contributed by atoms with Crippen LogP contribution in [-0.2, 0) is 4.79 Å². The number of amides is 1. The Bertz CT molecular complexity index is 511. The van der Waals surface area contributed by atoms with Crippen molar-refractivity contribution >= 4 is 5.91 Å². The molecule has 2 aromatic rings. The molecule has 0 saturated heterocycles. The van der Waals surface area contributed by atoms with Crippen molar-refractivity contribution in [3.8, 4) is 5.75 Å². The monoisotopic (exact) mass is 246 g/mol. The van der Waals surface area contributed by atoms with Gasteiger partial charge in [0.2, 0.25) is 5.91 Å². The molecule has 0 saturated carbocycles. The maximum Gasteiger partial charge on any atom is 0.242 e. The van der Waals surface area contributed by atoms with Crippen LogP contribution in [0, 0.1) is 6.92 Å². The highest BCUT2D eigenvalue weighted by Crippen LogP contribution is 2.12. The number of benzene rings is 1. The van der Waals surface area contributed by atoms with Gasteiger partial charge < -0.3 is 4.74 Å². The summed E-state index contributed by atoms with van der Waals surface area (Å²) in [5.74, 6) is 0.620. The minimum atomic E-state index is -0.151. The van der Waals surface area contributed by atoms with Gasteiger partial charge in [-0.15, -0.1) is 10.2 Å². The molecule has 0 aliphatic carbocycles. The number of ether oxygens (including phenoxy) is 1. The molecular formula is C12H14N4O2. The van der Waals surface area contributed by atoms with Crippen molar-refractivity contribution < 1.29 is 9.53 Å². The lowest BCUT2D eigenvalue weighted by Crippen LogP contribution is -2.23.